The van der Waals surface area contributed by atoms with Gasteiger partial charge in [-0.25, -0.2) is 4.98 Å². The van der Waals surface area contributed by atoms with Crippen LogP contribution in [0.1, 0.15) is 21.9 Å². The first kappa shape index (κ1) is 13.5. The molecule has 3 rings (SSSR count). The second-order valence-corrected chi connectivity index (χ2v) is 5.59. The van der Waals surface area contributed by atoms with E-state index in [1.165, 1.54) is 11.3 Å². The molecule has 1 aromatic carbocycles. The SMILES string of the molecule is Cc1cc(C(=O)Nc2sc(-c3ccccc3)nc2C)on1. The minimum atomic E-state index is -0.318. The maximum Gasteiger partial charge on any atom is 0.294 e. The molecule has 6 heteroatoms. The van der Waals surface area contributed by atoms with E-state index in [1.807, 2.05) is 37.3 Å². The zero-order chi connectivity index (χ0) is 14.8. The first-order chi connectivity index (χ1) is 10.1. The van der Waals surface area contributed by atoms with Crippen LogP contribution in [0.25, 0.3) is 10.6 Å². The summed E-state index contributed by atoms with van der Waals surface area (Å²) in [5.41, 5.74) is 2.48. The number of hydrogen-bond acceptors (Lipinski definition) is 5. The normalized spacial score (nSPS) is 10.6. The van der Waals surface area contributed by atoms with Gasteiger partial charge in [0.05, 0.1) is 11.4 Å². The number of aryl methyl sites for hydroxylation is 2. The molecule has 0 saturated heterocycles. The lowest BCUT2D eigenvalue weighted by Gasteiger charge is -1.98. The monoisotopic (exact) mass is 299 g/mol. The van der Waals surface area contributed by atoms with Crippen LogP contribution in [0.2, 0.25) is 0 Å². The fourth-order valence-corrected chi connectivity index (χ4v) is 2.82. The van der Waals surface area contributed by atoms with Gasteiger partial charge in [-0.3, -0.25) is 4.79 Å². The van der Waals surface area contributed by atoms with E-state index in [0.717, 1.165) is 16.3 Å². The summed E-state index contributed by atoms with van der Waals surface area (Å²) < 4.78 is 4.95. The molecule has 0 bridgehead atoms. The van der Waals surface area contributed by atoms with Crippen molar-refractivity contribution in [1.29, 1.82) is 0 Å². The van der Waals surface area contributed by atoms with E-state index in [0.29, 0.717) is 10.7 Å². The van der Waals surface area contributed by atoms with E-state index in [2.05, 4.69) is 15.5 Å². The van der Waals surface area contributed by atoms with Gasteiger partial charge < -0.3 is 9.84 Å². The molecule has 0 aliphatic heterocycles. The number of benzene rings is 1. The van der Waals surface area contributed by atoms with Crippen LogP contribution in [0, 0.1) is 13.8 Å². The molecule has 21 heavy (non-hydrogen) atoms. The first-order valence-corrected chi connectivity index (χ1v) is 7.22. The molecule has 0 spiro atoms. The fraction of sp³-hybridized carbons (Fsp3) is 0.133. The molecule has 0 atom stereocenters. The molecule has 2 aromatic heterocycles. The standard InChI is InChI=1S/C15H13N3O2S/c1-9-8-12(20-18-9)13(19)17-14-10(2)16-15(21-14)11-6-4-3-5-7-11/h3-8H,1-2H3,(H,17,19). The van der Waals surface area contributed by atoms with Crippen LogP contribution >= 0.6 is 11.3 Å². The van der Waals surface area contributed by atoms with Crippen molar-refractivity contribution in [2.75, 3.05) is 5.32 Å². The molecule has 5 nitrogen and oxygen atoms in total. The van der Waals surface area contributed by atoms with Gasteiger partial charge in [0.25, 0.3) is 5.91 Å². The molecule has 0 unspecified atom stereocenters. The molecule has 106 valence electrons. The number of amides is 1. The van der Waals surface area contributed by atoms with Crippen LogP contribution in [-0.4, -0.2) is 16.0 Å². The average molecular weight is 299 g/mol. The molecule has 1 N–H and O–H groups in total. The average Bonchev–Trinajstić information content (AvgIpc) is 3.07. The third-order valence-electron chi connectivity index (χ3n) is 2.90. The largest absolute Gasteiger partial charge is 0.351 e. The number of rotatable bonds is 3. The number of nitrogens with one attached hydrogen (secondary N) is 1. The van der Waals surface area contributed by atoms with Crippen molar-refractivity contribution >= 4 is 22.2 Å². The van der Waals surface area contributed by atoms with Gasteiger partial charge in [-0.2, -0.15) is 0 Å². The number of nitrogens with zero attached hydrogens (tertiary/aromatic N) is 2. The summed E-state index contributed by atoms with van der Waals surface area (Å²) in [5.74, 6) is -0.122. The maximum absolute atomic E-state index is 12.1. The van der Waals surface area contributed by atoms with Crippen LogP contribution in [0.15, 0.2) is 40.9 Å². The summed E-state index contributed by atoms with van der Waals surface area (Å²) in [6.45, 7) is 3.63. The third kappa shape index (κ3) is 2.85. The number of hydrogen-bond donors (Lipinski definition) is 1. The Kier molecular flexibility index (Phi) is 3.53. The number of carbonyl (C=O) groups is 1. The predicted octanol–water partition coefficient (Wildman–Crippen LogP) is 3.67. The van der Waals surface area contributed by atoms with Crippen LogP contribution in [0.4, 0.5) is 5.00 Å². The summed E-state index contributed by atoms with van der Waals surface area (Å²) in [4.78, 5) is 16.5. The summed E-state index contributed by atoms with van der Waals surface area (Å²) in [6, 6.07) is 11.5. The van der Waals surface area contributed by atoms with Crippen LogP contribution in [-0.2, 0) is 0 Å². The van der Waals surface area contributed by atoms with Gasteiger partial charge in [0.15, 0.2) is 0 Å². The van der Waals surface area contributed by atoms with Crippen molar-refractivity contribution in [2.45, 2.75) is 13.8 Å². The van der Waals surface area contributed by atoms with Crippen molar-refractivity contribution in [3.8, 4) is 10.6 Å². The number of thiazole rings is 1. The molecular formula is C15H13N3O2S. The van der Waals surface area contributed by atoms with Crippen LogP contribution in [0.3, 0.4) is 0 Å². The van der Waals surface area contributed by atoms with Gasteiger partial charge in [-0.05, 0) is 13.8 Å². The van der Waals surface area contributed by atoms with Gasteiger partial charge in [0.2, 0.25) is 5.76 Å². The lowest BCUT2D eigenvalue weighted by molar-refractivity contribution is 0.0988. The highest BCUT2D eigenvalue weighted by atomic mass is 32.1. The van der Waals surface area contributed by atoms with E-state index in [-0.39, 0.29) is 11.7 Å². The highest BCUT2D eigenvalue weighted by molar-refractivity contribution is 7.19. The van der Waals surface area contributed by atoms with Crippen molar-refractivity contribution < 1.29 is 9.32 Å². The van der Waals surface area contributed by atoms with E-state index in [9.17, 15) is 4.79 Å². The first-order valence-electron chi connectivity index (χ1n) is 6.41. The van der Waals surface area contributed by atoms with Crippen molar-refractivity contribution in [1.82, 2.24) is 10.1 Å². The van der Waals surface area contributed by atoms with E-state index >= 15 is 0 Å². The molecule has 0 saturated carbocycles. The van der Waals surface area contributed by atoms with Crippen molar-refractivity contribution in [3.63, 3.8) is 0 Å². The van der Waals surface area contributed by atoms with Crippen LogP contribution in [0.5, 0.6) is 0 Å². The Morgan fingerprint density at radius 1 is 1.24 bits per heavy atom. The van der Waals surface area contributed by atoms with Gasteiger partial charge in [0.1, 0.15) is 10.0 Å². The molecule has 0 aliphatic rings. The minimum Gasteiger partial charge on any atom is -0.351 e. The molecule has 1 amide bonds. The Hall–Kier alpha value is -2.47. The Bertz CT molecular complexity index is 777. The molecule has 0 radical (unpaired) electrons. The van der Waals surface area contributed by atoms with E-state index in [4.69, 9.17) is 4.52 Å². The Morgan fingerprint density at radius 3 is 2.67 bits per heavy atom. The van der Waals surface area contributed by atoms with Crippen LogP contribution < -0.4 is 5.32 Å². The molecule has 0 aliphatic carbocycles. The van der Waals surface area contributed by atoms with E-state index < -0.39 is 0 Å². The molecular weight excluding hydrogens is 286 g/mol. The fourth-order valence-electron chi connectivity index (χ4n) is 1.85. The summed E-state index contributed by atoms with van der Waals surface area (Å²) >= 11 is 1.44. The summed E-state index contributed by atoms with van der Waals surface area (Å²) in [6.07, 6.45) is 0. The van der Waals surface area contributed by atoms with Gasteiger partial charge in [-0.15, -0.1) is 0 Å². The summed E-state index contributed by atoms with van der Waals surface area (Å²) in [5, 5.41) is 8.11. The Morgan fingerprint density at radius 2 is 2.00 bits per heavy atom. The minimum absolute atomic E-state index is 0.196. The number of aromatic nitrogens is 2. The van der Waals surface area contributed by atoms with Crippen molar-refractivity contribution in [2.24, 2.45) is 0 Å². The summed E-state index contributed by atoms with van der Waals surface area (Å²) in [7, 11) is 0. The molecule has 0 fully saturated rings. The Labute approximate surface area is 125 Å². The Balaban J connectivity index is 1.84. The molecule has 3 aromatic rings. The third-order valence-corrected chi connectivity index (χ3v) is 4.02. The quantitative estimate of drug-likeness (QED) is 0.801. The number of carbonyl (C=O) groups excluding carboxylic acids is 1. The second kappa shape index (κ2) is 5.49. The van der Waals surface area contributed by atoms with Gasteiger partial charge >= 0.3 is 0 Å². The smallest absolute Gasteiger partial charge is 0.294 e. The second-order valence-electron chi connectivity index (χ2n) is 4.59. The zero-order valence-electron chi connectivity index (χ0n) is 11.6. The lowest BCUT2D eigenvalue weighted by atomic mass is 10.2. The van der Waals surface area contributed by atoms with E-state index in [1.54, 1.807) is 13.0 Å². The lowest BCUT2D eigenvalue weighted by Crippen LogP contribution is -2.10. The zero-order valence-corrected chi connectivity index (χ0v) is 12.4. The topological polar surface area (TPSA) is 68.0 Å². The highest BCUT2D eigenvalue weighted by Crippen LogP contribution is 2.31. The van der Waals surface area contributed by atoms with Crippen molar-refractivity contribution in [3.05, 3.63) is 53.5 Å². The highest BCUT2D eigenvalue weighted by Gasteiger charge is 2.16. The molecule has 2 heterocycles. The van der Waals surface area contributed by atoms with Gasteiger partial charge in [-0.1, -0.05) is 46.8 Å². The number of anilines is 1. The predicted molar refractivity (Wildman–Crippen MR) is 81.5 cm³/mol. The van der Waals surface area contributed by atoms with Gasteiger partial charge in [0, 0.05) is 11.6 Å². The maximum atomic E-state index is 12.1.